The summed E-state index contributed by atoms with van der Waals surface area (Å²) in [7, 11) is 0. The van der Waals surface area contributed by atoms with Crippen LogP contribution in [0.2, 0.25) is 0 Å². The minimum absolute atomic E-state index is 0.154. The van der Waals surface area contributed by atoms with Crippen LogP contribution < -0.4 is 14.9 Å². The van der Waals surface area contributed by atoms with Gasteiger partial charge in [0.25, 0.3) is 0 Å². The number of hydrogen-bond donors (Lipinski definition) is 1. The molecule has 5 heteroatoms. The van der Waals surface area contributed by atoms with Gasteiger partial charge in [0, 0.05) is 0 Å². The van der Waals surface area contributed by atoms with Crippen molar-refractivity contribution in [3.8, 4) is 11.5 Å². The molecular weight excluding hydrogens is 268 g/mol. The van der Waals surface area contributed by atoms with Gasteiger partial charge in [-0.25, -0.2) is 5.43 Å². The van der Waals surface area contributed by atoms with E-state index in [0.29, 0.717) is 12.2 Å². The lowest BCUT2D eigenvalue weighted by Gasteiger charge is -2.00. The summed E-state index contributed by atoms with van der Waals surface area (Å²) in [4.78, 5) is 11.7. The molecule has 106 valence electrons. The van der Waals surface area contributed by atoms with Gasteiger partial charge >= 0.3 is 0 Å². The highest BCUT2D eigenvalue weighted by atomic mass is 16.7. The van der Waals surface area contributed by atoms with Crippen molar-refractivity contribution in [2.45, 2.75) is 6.42 Å². The van der Waals surface area contributed by atoms with E-state index in [1.165, 1.54) is 0 Å². The van der Waals surface area contributed by atoms with Gasteiger partial charge in [-0.2, -0.15) is 5.10 Å². The second-order valence-corrected chi connectivity index (χ2v) is 4.57. The first-order chi connectivity index (χ1) is 10.3. The number of benzene rings is 2. The monoisotopic (exact) mass is 282 g/mol. The number of amides is 1. The lowest BCUT2D eigenvalue weighted by Crippen LogP contribution is -2.19. The molecule has 0 aliphatic carbocycles. The predicted octanol–water partition coefficient (Wildman–Crippen LogP) is 2.11. The summed E-state index contributed by atoms with van der Waals surface area (Å²) in [6, 6.07) is 15.0. The van der Waals surface area contributed by atoms with Gasteiger partial charge in [0.1, 0.15) is 0 Å². The average molecular weight is 282 g/mol. The fraction of sp³-hybridized carbons (Fsp3) is 0.125. The van der Waals surface area contributed by atoms with E-state index in [1.807, 2.05) is 48.5 Å². The fourth-order valence-corrected chi connectivity index (χ4v) is 1.99. The third-order valence-corrected chi connectivity index (χ3v) is 3.01. The molecule has 0 radical (unpaired) electrons. The van der Waals surface area contributed by atoms with Crippen molar-refractivity contribution in [3.05, 3.63) is 59.7 Å². The minimum atomic E-state index is -0.154. The summed E-state index contributed by atoms with van der Waals surface area (Å²) in [6.45, 7) is 0.240. The maximum Gasteiger partial charge on any atom is 0.244 e. The van der Waals surface area contributed by atoms with E-state index in [1.54, 1.807) is 6.21 Å². The highest BCUT2D eigenvalue weighted by Gasteiger charge is 2.12. The van der Waals surface area contributed by atoms with Crippen molar-refractivity contribution in [1.29, 1.82) is 0 Å². The molecule has 0 aromatic heterocycles. The zero-order chi connectivity index (χ0) is 14.5. The number of hydrogen-bond acceptors (Lipinski definition) is 4. The molecule has 1 aliphatic heterocycles. The van der Waals surface area contributed by atoms with Gasteiger partial charge in [0.15, 0.2) is 11.5 Å². The molecule has 21 heavy (non-hydrogen) atoms. The SMILES string of the molecule is O=C(Cc1ccccc1)N/N=C/c1ccc2c(c1)OCO2. The number of nitrogens with one attached hydrogen (secondary N) is 1. The quantitative estimate of drug-likeness (QED) is 0.690. The number of nitrogens with zero attached hydrogens (tertiary/aromatic N) is 1. The summed E-state index contributed by atoms with van der Waals surface area (Å²) in [5.74, 6) is 1.26. The molecule has 5 nitrogen and oxygen atoms in total. The third-order valence-electron chi connectivity index (χ3n) is 3.01. The zero-order valence-electron chi connectivity index (χ0n) is 11.3. The van der Waals surface area contributed by atoms with Gasteiger partial charge in [-0.1, -0.05) is 30.3 Å². The smallest absolute Gasteiger partial charge is 0.244 e. The highest BCUT2D eigenvalue weighted by molar-refractivity contribution is 5.84. The lowest BCUT2D eigenvalue weighted by molar-refractivity contribution is -0.120. The molecule has 0 bridgehead atoms. The van der Waals surface area contributed by atoms with E-state index in [4.69, 9.17) is 9.47 Å². The van der Waals surface area contributed by atoms with Gasteiger partial charge in [-0.05, 0) is 29.3 Å². The molecule has 1 aliphatic rings. The van der Waals surface area contributed by atoms with E-state index in [9.17, 15) is 4.79 Å². The van der Waals surface area contributed by atoms with Crippen LogP contribution in [0.1, 0.15) is 11.1 Å². The Hall–Kier alpha value is -2.82. The van der Waals surface area contributed by atoms with Gasteiger partial charge in [0.05, 0.1) is 12.6 Å². The standard InChI is InChI=1S/C16H14N2O3/c19-16(9-12-4-2-1-3-5-12)18-17-10-13-6-7-14-15(8-13)21-11-20-14/h1-8,10H,9,11H2,(H,18,19)/b17-10+. The van der Waals surface area contributed by atoms with Crippen molar-refractivity contribution >= 4 is 12.1 Å². The van der Waals surface area contributed by atoms with Crippen LogP contribution in [0, 0.1) is 0 Å². The Morgan fingerprint density at radius 3 is 2.81 bits per heavy atom. The van der Waals surface area contributed by atoms with Crippen molar-refractivity contribution in [3.63, 3.8) is 0 Å². The Bertz CT molecular complexity index is 668. The maximum atomic E-state index is 11.7. The van der Waals surface area contributed by atoms with Crippen LogP contribution in [0.25, 0.3) is 0 Å². The minimum Gasteiger partial charge on any atom is -0.454 e. The highest BCUT2D eigenvalue weighted by Crippen LogP contribution is 2.31. The summed E-state index contributed by atoms with van der Waals surface area (Å²) >= 11 is 0. The maximum absolute atomic E-state index is 11.7. The van der Waals surface area contributed by atoms with Crippen LogP contribution in [0.3, 0.4) is 0 Å². The first-order valence-corrected chi connectivity index (χ1v) is 6.57. The number of fused-ring (bicyclic) bond motifs is 1. The van der Waals surface area contributed by atoms with Crippen molar-refractivity contribution in [1.82, 2.24) is 5.43 Å². The second-order valence-electron chi connectivity index (χ2n) is 4.57. The van der Waals surface area contributed by atoms with Gasteiger partial charge in [-0.15, -0.1) is 0 Å². The second kappa shape index (κ2) is 6.09. The van der Waals surface area contributed by atoms with E-state index >= 15 is 0 Å². The molecule has 2 aromatic carbocycles. The summed E-state index contributed by atoms with van der Waals surface area (Å²) in [6.07, 6.45) is 1.88. The van der Waals surface area contributed by atoms with Crippen molar-refractivity contribution in [2.24, 2.45) is 5.10 Å². The number of hydrazone groups is 1. The molecule has 0 fully saturated rings. The predicted molar refractivity (Wildman–Crippen MR) is 78.4 cm³/mol. The van der Waals surface area contributed by atoms with Crippen LogP contribution in [0.15, 0.2) is 53.6 Å². The number of ether oxygens (including phenoxy) is 2. The Morgan fingerprint density at radius 1 is 1.14 bits per heavy atom. The largest absolute Gasteiger partial charge is 0.454 e. The first kappa shape index (κ1) is 13.2. The molecule has 0 saturated carbocycles. The molecule has 3 rings (SSSR count). The Morgan fingerprint density at radius 2 is 1.95 bits per heavy atom. The topological polar surface area (TPSA) is 59.9 Å². The molecular formula is C16H14N2O3. The van der Waals surface area contributed by atoms with Crippen LogP contribution in [0.4, 0.5) is 0 Å². The molecule has 1 heterocycles. The van der Waals surface area contributed by atoms with E-state index < -0.39 is 0 Å². The molecule has 1 N–H and O–H groups in total. The summed E-state index contributed by atoms with van der Waals surface area (Å²) in [5, 5.41) is 3.94. The van der Waals surface area contributed by atoms with Crippen LogP contribution >= 0.6 is 0 Å². The summed E-state index contributed by atoms with van der Waals surface area (Å²) in [5.41, 5.74) is 4.29. The average Bonchev–Trinajstić information content (AvgIpc) is 2.96. The van der Waals surface area contributed by atoms with Crippen molar-refractivity contribution < 1.29 is 14.3 Å². The first-order valence-electron chi connectivity index (χ1n) is 6.57. The van der Waals surface area contributed by atoms with Crippen molar-refractivity contribution in [2.75, 3.05) is 6.79 Å². The van der Waals surface area contributed by atoms with Crippen LogP contribution in [-0.4, -0.2) is 18.9 Å². The van der Waals surface area contributed by atoms with E-state index in [0.717, 1.165) is 16.9 Å². The Balaban J connectivity index is 1.56. The summed E-state index contributed by atoms with van der Waals surface area (Å²) < 4.78 is 10.5. The molecule has 0 atom stereocenters. The molecule has 0 unspecified atom stereocenters. The zero-order valence-corrected chi connectivity index (χ0v) is 11.3. The normalized spacial score (nSPS) is 12.6. The fourth-order valence-electron chi connectivity index (χ4n) is 1.99. The number of carbonyl (C=O) groups excluding carboxylic acids is 1. The number of rotatable bonds is 4. The van der Waals surface area contributed by atoms with Crippen LogP contribution in [-0.2, 0) is 11.2 Å². The van der Waals surface area contributed by atoms with Crippen LogP contribution in [0.5, 0.6) is 11.5 Å². The van der Waals surface area contributed by atoms with Gasteiger partial charge < -0.3 is 9.47 Å². The van der Waals surface area contributed by atoms with Gasteiger partial charge in [-0.3, -0.25) is 4.79 Å². The molecule has 0 saturated heterocycles. The lowest BCUT2D eigenvalue weighted by atomic mass is 10.1. The van der Waals surface area contributed by atoms with E-state index in [2.05, 4.69) is 10.5 Å². The molecule has 2 aromatic rings. The van der Waals surface area contributed by atoms with Gasteiger partial charge in [0.2, 0.25) is 12.7 Å². The van der Waals surface area contributed by atoms with E-state index in [-0.39, 0.29) is 12.7 Å². The number of carbonyl (C=O) groups is 1. The molecule has 1 amide bonds. The molecule has 0 spiro atoms. The Labute approximate surface area is 122 Å². The Kier molecular flexibility index (Phi) is 3.82. The third kappa shape index (κ3) is 3.39.